The van der Waals surface area contributed by atoms with E-state index in [0.29, 0.717) is 30.2 Å². The minimum absolute atomic E-state index is 0.00120. The number of amides is 3. The lowest BCUT2D eigenvalue weighted by Gasteiger charge is -2.14. The quantitative estimate of drug-likeness (QED) is 0.693. The number of nitrogens with zero attached hydrogens (tertiary/aromatic N) is 1. The van der Waals surface area contributed by atoms with E-state index in [-0.39, 0.29) is 23.5 Å². The molecule has 1 aromatic rings. The number of hydrogen-bond donors (Lipinski definition) is 1. The normalized spacial score (nSPS) is 20.7. The third kappa shape index (κ3) is 4.66. The van der Waals surface area contributed by atoms with E-state index in [1.165, 1.54) is 7.11 Å². The molecule has 9 heteroatoms. The molecule has 0 unspecified atom stereocenters. The highest BCUT2D eigenvalue weighted by atomic mass is 32.2. The van der Waals surface area contributed by atoms with Gasteiger partial charge in [0.1, 0.15) is 18.0 Å². The van der Waals surface area contributed by atoms with Crippen LogP contribution in [0.1, 0.15) is 18.4 Å². The van der Waals surface area contributed by atoms with Crippen LogP contribution < -0.4 is 14.8 Å². The Labute approximate surface area is 167 Å². The first-order valence-electron chi connectivity index (χ1n) is 8.87. The van der Waals surface area contributed by atoms with E-state index in [1.54, 1.807) is 31.4 Å². The van der Waals surface area contributed by atoms with Gasteiger partial charge in [-0.2, -0.15) is 0 Å². The number of carbonyl (C=O) groups excluding carboxylic acids is 3. The third-order valence-corrected chi connectivity index (χ3v) is 5.36. The predicted octanol–water partition coefficient (Wildman–Crippen LogP) is 2.04. The summed E-state index contributed by atoms with van der Waals surface area (Å²) in [4.78, 5) is 38.1. The number of methoxy groups -OCH3 is 2. The zero-order valence-corrected chi connectivity index (χ0v) is 16.5. The Morgan fingerprint density at radius 3 is 2.86 bits per heavy atom. The number of nitrogens with one attached hydrogen (secondary N) is 1. The van der Waals surface area contributed by atoms with Crippen molar-refractivity contribution in [2.75, 3.05) is 33.9 Å². The Morgan fingerprint density at radius 1 is 1.36 bits per heavy atom. The molecule has 2 heterocycles. The molecule has 0 radical (unpaired) electrons. The van der Waals surface area contributed by atoms with Crippen LogP contribution in [-0.4, -0.2) is 62.0 Å². The summed E-state index contributed by atoms with van der Waals surface area (Å²) in [5, 5.41) is 2.24. The molecule has 1 aromatic carbocycles. The average molecular weight is 406 g/mol. The Balaban J connectivity index is 1.65. The van der Waals surface area contributed by atoms with Crippen LogP contribution in [0.5, 0.6) is 11.5 Å². The average Bonchev–Trinajstić information content (AvgIpc) is 3.31. The van der Waals surface area contributed by atoms with Crippen LogP contribution in [0.15, 0.2) is 23.1 Å². The van der Waals surface area contributed by atoms with Gasteiger partial charge in [0.2, 0.25) is 5.91 Å². The van der Waals surface area contributed by atoms with Gasteiger partial charge in [-0.1, -0.05) is 0 Å². The number of ether oxygens (including phenoxy) is 3. The van der Waals surface area contributed by atoms with Crippen molar-refractivity contribution in [2.45, 2.75) is 18.9 Å². The summed E-state index contributed by atoms with van der Waals surface area (Å²) < 4.78 is 15.9. The molecular formula is C19H22N2O6S. The fourth-order valence-electron chi connectivity index (χ4n) is 2.95. The summed E-state index contributed by atoms with van der Waals surface area (Å²) in [5.74, 6) is 0.242. The van der Waals surface area contributed by atoms with E-state index in [2.05, 4.69) is 5.32 Å². The second-order valence-corrected chi connectivity index (χ2v) is 7.31. The fraction of sp³-hybridized carbons (Fsp3) is 0.421. The van der Waals surface area contributed by atoms with E-state index in [1.807, 2.05) is 0 Å². The van der Waals surface area contributed by atoms with Crippen molar-refractivity contribution < 1.29 is 28.6 Å². The van der Waals surface area contributed by atoms with E-state index < -0.39 is 11.1 Å². The maximum absolute atomic E-state index is 12.6. The number of thioether (sulfide) groups is 1. The number of benzene rings is 1. The molecule has 1 atom stereocenters. The van der Waals surface area contributed by atoms with E-state index in [0.717, 1.165) is 29.5 Å². The van der Waals surface area contributed by atoms with Gasteiger partial charge in [-0.05, 0) is 42.8 Å². The van der Waals surface area contributed by atoms with E-state index in [9.17, 15) is 14.4 Å². The highest BCUT2D eigenvalue weighted by Crippen LogP contribution is 2.34. The second-order valence-electron chi connectivity index (χ2n) is 6.31. The summed E-state index contributed by atoms with van der Waals surface area (Å²) in [6, 6.07) is 5.16. The molecule has 1 N–H and O–H groups in total. The minimum Gasteiger partial charge on any atom is -0.497 e. The molecule has 2 aliphatic rings. The third-order valence-electron chi connectivity index (χ3n) is 4.45. The molecule has 2 fully saturated rings. The van der Waals surface area contributed by atoms with Gasteiger partial charge in [0.25, 0.3) is 11.1 Å². The molecule has 3 amide bonds. The van der Waals surface area contributed by atoms with E-state index in [4.69, 9.17) is 14.2 Å². The Kier molecular flexibility index (Phi) is 6.58. The highest BCUT2D eigenvalue weighted by Gasteiger charge is 2.36. The summed E-state index contributed by atoms with van der Waals surface area (Å²) in [6.45, 7) is 0.770. The van der Waals surface area contributed by atoms with Crippen molar-refractivity contribution in [3.05, 3.63) is 28.7 Å². The predicted molar refractivity (Wildman–Crippen MR) is 104 cm³/mol. The maximum Gasteiger partial charge on any atom is 0.294 e. The van der Waals surface area contributed by atoms with Gasteiger partial charge in [0.05, 0.1) is 25.2 Å². The van der Waals surface area contributed by atoms with Gasteiger partial charge < -0.3 is 19.5 Å². The monoisotopic (exact) mass is 406 g/mol. The molecule has 2 aliphatic heterocycles. The molecule has 0 saturated carbocycles. The summed E-state index contributed by atoms with van der Waals surface area (Å²) in [5.41, 5.74) is 0.636. The molecule has 2 saturated heterocycles. The molecule has 0 aliphatic carbocycles. The second kappa shape index (κ2) is 9.11. The number of rotatable bonds is 7. The van der Waals surface area contributed by atoms with Crippen molar-refractivity contribution in [2.24, 2.45) is 0 Å². The van der Waals surface area contributed by atoms with Gasteiger partial charge in [0.15, 0.2) is 0 Å². The fourth-order valence-corrected chi connectivity index (χ4v) is 3.78. The first-order valence-corrected chi connectivity index (χ1v) is 9.69. The lowest BCUT2D eigenvalue weighted by atomic mass is 10.1. The molecular weight excluding hydrogens is 384 g/mol. The van der Waals surface area contributed by atoms with Gasteiger partial charge in [-0.15, -0.1) is 0 Å². The summed E-state index contributed by atoms with van der Waals surface area (Å²) in [6.07, 6.45) is 3.45. The van der Waals surface area contributed by atoms with Gasteiger partial charge in [0, 0.05) is 24.8 Å². The molecule has 3 rings (SSSR count). The summed E-state index contributed by atoms with van der Waals surface area (Å²) >= 11 is 0.798. The van der Waals surface area contributed by atoms with E-state index >= 15 is 0 Å². The van der Waals surface area contributed by atoms with Crippen LogP contribution in [0.4, 0.5) is 4.79 Å². The minimum atomic E-state index is -0.500. The van der Waals surface area contributed by atoms with Gasteiger partial charge >= 0.3 is 0 Å². The number of imide groups is 1. The SMILES string of the molecule is COc1ccc(/C=C2\SC(=O)N(CC(=O)NC[C@@H]3CCCO3)C2=O)c(OC)c1. The summed E-state index contributed by atoms with van der Waals surface area (Å²) in [7, 11) is 3.06. The zero-order valence-electron chi connectivity index (χ0n) is 15.7. The Bertz CT molecular complexity index is 804. The molecule has 8 nitrogen and oxygen atoms in total. The van der Waals surface area contributed by atoms with Crippen LogP contribution in [0.25, 0.3) is 6.08 Å². The van der Waals surface area contributed by atoms with Gasteiger partial charge in [-0.25, -0.2) is 0 Å². The molecule has 0 aromatic heterocycles. The Hall–Kier alpha value is -2.52. The first-order chi connectivity index (χ1) is 13.5. The van der Waals surface area contributed by atoms with Crippen molar-refractivity contribution in [1.29, 1.82) is 0 Å². The molecule has 28 heavy (non-hydrogen) atoms. The largest absolute Gasteiger partial charge is 0.497 e. The topological polar surface area (TPSA) is 94.2 Å². The Morgan fingerprint density at radius 2 is 2.18 bits per heavy atom. The molecule has 150 valence electrons. The van der Waals surface area contributed by atoms with Crippen molar-refractivity contribution in [3.63, 3.8) is 0 Å². The van der Waals surface area contributed by atoms with Crippen molar-refractivity contribution in [3.8, 4) is 11.5 Å². The zero-order chi connectivity index (χ0) is 20.1. The van der Waals surface area contributed by atoms with Crippen LogP contribution in [-0.2, 0) is 14.3 Å². The van der Waals surface area contributed by atoms with Crippen LogP contribution in [0.3, 0.4) is 0 Å². The number of carbonyl (C=O) groups is 3. The maximum atomic E-state index is 12.6. The highest BCUT2D eigenvalue weighted by molar-refractivity contribution is 8.18. The van der Waals surface area contributed by atoms with Crippen molar-refractivity contribution in [1.82, 2.24) is 10.2 Å². The molecule has 0 bridgehead atoms. The smallest absolute Gasteiger partial charge is 0.294 e. The van der Waals surface area contributed by atoms with Crippen LogP contribution >= 0.6 is 11.8 Å². The van der Waals surface area contributed by atoms with Gasteiger partial charge in [-0.3, -0.25) is 19.3 Å². The lowest BCUT2D eigenvalue weighted by Crippen LogP contribution is -2.41. The lowest BCUT2D eigenvalue weighted by molar-refractivity contribution is -0.129. The van der Waals surface area contributed by atoms with Crippen LogP contribution in [0, 0.1) is 0 Å². The standard InChI is InChI=1S/C19H22N2O6S/c1-25-13-6-5-12(15(9-13)26-2)8-16-18(23)21(19(24)28-16)11-17(22)20-10-14-4-3-7-27-14/h5-6,8-9,14H,3-4,7,10-11H2,1-2H3,(H,20,22)/b16-8-/t14-/m0/s1. The molecule has 0 spiro atoms. The first kappa shape index (κ1) is 20.2. The van der Waals surface area contributed by atoms with Crippen LogP contribution in [0.2, 0.25) is 0 Å². The number of hydrogen-bond acceptors (Lipinski definition) is 7. The van der Waals surface area contributed by atoms with Crippen molar-refractivity contribution >= 4 is 34.9 Å².